The van der Waals surface area contributed by atoms with E-state index in [1.165, 1.54) is 15.6 Å². The van der Waals surface area contributed by atoms with Crippen molar-refractivity contribution in [2.45, 2.75) is 25.7 Å². The van der Waals surface area contributed by atoms with Crippen LogP contribution in [0.5, 0.6) is 0 Å². The van der Waals surface area contributed by atoms with Gasteiger partial charge in [0.1, 0.15) is 0 Å². The molecule has 1 heterocycles. The summed E-state index contributed by atoms with van der Waals surface area (Å²) in [6.07, 6.45) is 0.570. The largest absolute Gasteiger partial charge is 0.315 e. The average Bonchev–Trinajstić information content (AvgIpc) is 2.79. The Morgan fingerprint density at radius 2 is 2.11 bits per heavy atom. The molecule has 94 valence electrons. The van der Waals surface area contributed by atoms with Crippen LogP contribution in [0.15, 0.2) is 29.6 Å². The Balaban J connectivity index is 2.16. The van der Waals surface area contributed by atoms with E-state index < -0.39 is 0 Å². The number of nitriles is 1. The quantitative estimate of drug-likeness (QED) is 0.830. The van der Waals surface area contributed by atoms with Crippen LogP contribution in [-0.4, -0.2) is 13.1 Å². The molecule has 0 spiro atoms. The van der Waals surface area contributed by atoms with Gasteiger partial charge in [0.05, 0.1) is 6.07 Å². The molecule has 0 radical (unpaired) electrons. The van der Waals surface area contributed by atoms with E-state index in [0.29, 0.717) is 6.42 Å². The molecular weight excluding hydrogens is 240 g/mol. The lowest BCUT2D eigenvalue weighted by molar-refractivity contribution is 0.477. The first-order valence-electron chi connectivity index (χ1n) is 6.19. The Morgan fingerprint density at radius 3 is 2.89 bits per heavy atom. The Bertz CT molecular complexity index is 563. The summed E-state index contributed by atoms with van der Waals surface area (Å²) < 4.78 is 1.34. The van der Waals surface area contributed by atoms with E-state index in [9.17, 15) is 0 Å². The van der Waals surface area contributed by atoms with Crippen LogP contribution >= 0.6 is 11.3 Å². The molecular formula is C15H18N2S. The summed E-state index contributed by atoms with van der Waals surface area (Å²) in [4.78, 5) is 0. The molecule has 0 fully saturated rings. The minimum atomic E-state index is 0.0923. The lowest BCUT2D eigenvalue weighted by atomic mass is 9.84. The number of nitrogens with one attached hydrogen (secondary N) is 1. The number of fused-ring (bicyclic) bond motifs is 1. The Morgan fingerprint density at radius 1 is 1.33 bits per heavy atom. The Labute approximate surface area is 112 Å². The Hall–Kier alpha value is -1.37. The summed E-state index contributed by atoms with van der Waals surface area (Å²) in [5.41, 5.74) is 1.49. The number of hydrogen-bond donors (Lipinski definition) is 1. The van der Waals surface area contributed by atoms with E-state index in [1.807, 2.05) is 0 Å². The van der Waals surface area contributed by atoms with Crippen molar-refractivity contribution in [3.8, 4) is 6.07 Å². The third-order valence-electron chi connectivity index (χ3n) is 3.19. The van der Waals surface area contributed by atoms with E-state index in [1.54, 1.807) is 11.3 Å². The summed E-state index contributed by atoms with van der Waals surface area (Å²) in [5.74, 6) is 0. The summed E-state index contributed by atoms with van der Waals surface area (Å²) in [5, 5.41) is 15.5. The van der Waals surface area contributed by atoms with Crippen molar-refractivity contribution >= 4 is 21.4 Å². The second-order valence-corrected chi connectivity index (χ2v) is 6.03. The second-order valence-electron chi connectivity index (χ2n) is 5.11. The van der Waals surface area contributed by atoms with Crippen molar-refractivity contribution in [3.63, 3.8) is 0 Å². The number of nitrogens with zero attached hydrogens (tertiary/aromatic N) is 1. The average molecular weight is 258 g/mol. The predicted molar refractivity (Wildman–Crippen MR) is 78.0 cm³/mol. The fraction of sp³-hybridized carbons (Fsp3) is 0.400. The highest BCUT2D eigenvalue weighted by atomic mass is 32.1. The molecule has 2 rings (SSSR count). The maximum absolute atomic E-state index is 8.53. The highest BCUT2D eigenvalue weighted by Crippen LogP contribution is 2.34. The molecule has 0 unspecified atom stereocenters. The van der Waals surface area contributed by atoms with E-state index in [4.69, 9.17) is 5.26 Å². The first-order chi connectivity index (χ1) is 8.65. The lowest BCUT2D eigenvalue weighted by Gasteiger charge is -2.25. The number of rotatable bonds is 5. The van der Waals surface area contributed by atoms with Gasteiger partial charge in [-0.15, -0.1) is 11.3 Å². The lowest BCUT2D eigenvalue weighted by Crippen LogP contribution is -2.33. The minimum absolute atomic E-state index is 0.0923. The van der Waals surface area contributed by atoms with Crippen molar-refractivity contribution in [3.05, 3.63) is 35.2 Å². The van der Waals surface area contributed by atoms with Crippen molar-refractivity contribution in [1.29, 1.82) is 5.26 Å². The zero-order chi connectivity index (χ0) is 13.0. The zero-order valence-electron chi connectivity index (χ0n) is 10.9. The van der Waals surface area contributed by atoms with Crippen LogP contribution in [0.1, 0.15) is 25.8 Å². The fourth-order valence-corrected chi connectivity index (χ4v) is 3.30. The van der Waals surface area contributed by atoms with Crippen LogP contribution in [0.4, 0.5) is 0 Å². The van der Waals surface area contributed by atoms with E-state index in [-0.39, 0.29) is 5.41 Å². The maximum Gasteiger partial charge on any atom is 0.0635 e. The van der Waals surface area contributed by atoms with Gasteiger partial charge in [0.2, 0.25) is 0 Å². The highest BCUT2D eigenvalue weighted by molar-refractivity contribution is 7.17. The van der Waals surface area contributed by atoms with E-state index in [0.717, 1.165) is 13.1 Å². The molecule has 1 aromatic carbocycles. The molecule has 2 aromatic rings. The standard InChI is InChI=1S/C15H18N2S/c1-15(2,11-17-9-5-8-16)13-10-18-14-7-4-3-6-12(13)14/h3-4,6-7,10,17H,5,9,11H2,1-2H3. The molecule has 0 aliphatic rings. The molecule has 3 heteroatoms. The zero-order valence-corrected chi connectivity index (χ0v) is 11.7. The van der Waals surface area contributed by atoms with Gasteiger partial charge in [-0.1, -0.05) is 32.0 Å². The van der Waals surface area contributed by atoms with Crippen LogP contribution in [0.2, 0.25) is 0 Å². The maximum atomic E-state index is 8.53. The van der Waals surface area contributed by atoms with Gasteiger partial charge in [0.15, 0.2) is 0 Å². The minimum Gasteiger partial charge on any atom is -0.315 e. The van der Waals surface area contributed by atoms with Crippen molar-refractivity contribution in [2.75, 3.05) is 13.1 Å². The van der Waals surface area contributed by atoms with Gasteiger partial charge in [-0.25, -0.2) is 0 Å². The van der Waals surface area contributed by atoms with Crippen LogP contribution < -0.4 is 5.32 Å². The summed E-state index contributed by atoms with van der Waals surface area (Å²) in [7, 11) is 0. The summed E-state index contributed by atoms with van der Waals surface area (Å²) in [6, 6.07) is 10.7. The molecule has 2 nitrogen and oxygen atoms in total. The van der Waals surface area contributed by atoms with Crippen LogP contribution in [0, 0.1) is 11.3 Å². The molecule has 0 aliphatic carbocycles. The predicted octanol–water partition coefficient (Wildman–Crippen LogP) is 3.68. The van der Waals surface area contributed by atoms with Gasteiger partial charge >= 0.3 is 0 Å². The monoisotopic (exact) mass is 258 g/mol. The van der Waals surface area contributed by atoms with Gasteiger partial charge in [-0.3, -0.25) is 0 Å². The van der Waals surface area contributed by atoms with Gasteiger partial charge < -0.3 is 5.32 Å². The van der Waals surface area contributed by atoms with Crippen LogP contribution in [-0.2, 0) is 5.41 Å². The SMILES string of the molecule is CC(C)(CNCCC#N)c1csc2ccccc12. The molecule has 0 amide bonds. The third kappa shape index (κ3) is 2.72. The first kappa shape index (κ1) is 13.1. The number of benzene rings is 1. The van der Waals surface area contributed by atoms with Crippen molar-refractivity contribution in [1.82, 2.24) is 5.32 Å². The van der Waals surface area contributed by atoms with E-state index >= 15 is 0 Å². The van der Waals surface area contributed by atoms with Crippen LogP contribution in [0.25, 0.3) is 10.1 Å². The molecule has 1 N–H and O–H groups in total. The summed E-state index contributed by atoms with van der Waals surface area (Å²) >= 11 is 1.80. The normalized spacial score (nSPS) is 11.6. The fourth-order valence-electron chi connectivity index (χ4n) is 2.14. The van der Waals surface area contributed by atoms with Crippen molar-refractivity contribution in [2.24, 2.45) is 0 Å². The molecule has 18 heavy (non-hydrogen) atoms. The summed E-state index contributed by atoms with van der Waals surface area (Å²) in [6.45, 7) is 6.17. The third-order valence-corrected chi connectivity index (χ3v) is 4.15. The second kappa shape index (κ2) is 5.51. The van der Waals surface area contributed by atoms with Gasteiger partial charge in [-0.2, -0.15) is 5.26 Å². The molecule has 0 saturated carbocycles. The smallest absolute Gasteiger partial charge is 0.0635 e. The van der Waals surface area contributed by atoms with E-state index in [2.05, 4.69) is 54.9 Å². The van der Waals surface area contributed by atoms with Gasteiger partial charge in [-0.05, 0) is 22.4 Å². The first-order valence-corrected chi connectivity index (χ1v) is 7.07. The Kier molecular flexibility index (Phi) is 4.00. The van der Waals surface area contributed by atoms with Gasteiger partial charge in [0, 0.05) is 29.6 Å². The molecule has 0 atom stereocenters. The highest BCUT2D eigenvalue weighted by Gasteiger charge is 2.23. The number of hydrogen-bond acceptors (Lipinski definition) is 3. The molecule has 0 bridgehead atoms. The van der Waals surface area contributed by atoms with Gasteiger partial charge in [0.25, 0.3) is 0 Å². The topological polar surface area (TPSA) is 35.8 Å². The molecule has 0 aliphatic heterocycles. The van der Waals surface area contributed by atoms with Crippen molar-refractivity contribution < 1.29 is 0 Å². The number of thiophene rings is 1. The molecule has 0 saturated heterocycles. The van der Waals surface area contributed by atoms with Crippen LogP contribution in [0.3, 0.4) is 0 Å². The molecule has 1 aromatic heterocycles.